The maximum Gasteiger partial charge on any atom is 0.167 e. The summed E-state index contributed by atoms with van der Waals surface area (Å²) in [7, 11) is 1.30. The number of ether oxygens (including phenoxy) is 1. The highest BCUT2D eigenvalue weighted by Gasteiger charge is 2.09. The van der Waals surface area contributed by atoms with E-state index in [1.807, 2.05) is 0 Å². The molecule has 0 spiro atoms. The van der Waals surface area contributed by atoms with Gasteiger partial charge in [0.05, 0.1) is 7.11 Å². The molecule has 1 aromatic rings. The van der Waals surface area contributed by atoms with E-state index in [9.17, 15) is 8.78 Å². The Morgan fingerprint density at radius 3 is 2.54 bits per heavy atom. The summed E-state index contributed by atoms with van der Waals surface area (Å²) in [5.74, 6) is -1.40. The standard InChI is InChI=1S/C9H10F2O2/c1-13-9-4-6(2-3-12)7(10)5-8(9)11/h4-5,12H,2-3H2,1H3. The summed E-state index contributed by atoms with van der Waals surface area (Å²) in [4.78, 5) is 0. The van der Waals surface area contributed by atoms with Gasteiger partial charge in [-0.15, -0.1) is 0 Å². The van der Waals surface area contributed by atoms with Gasteiger partial charge in [0.25, 0.3) is 0 Å². The fraction of sp³-hybridized carbons (Fsp3) is 0.333. The van der Waals surface area contributed by atoms with Crippen LogP contribution in [0.15, 0.2) is 12.1 Å². The van der Waals surface area contributed by atoms with Gasteiger partial charge in [-0.3, -0.25) is 0 Å². The lowest BCUT2D eigenvalue weighted by Gasteiger charge is -2.05. The van der Waals surface area contributed by atoms with Crippen LogP contribution in [0.1, 0.15) is 5.56 Å². The molecule has 0 atom stereocenters. The minimum atomic E-state index is -0.735. The van der Waals surface area contributed by atoms with E-state index in [2.05, 4.69) is 4.74 Å². The summed E-state index contributed by atoms with van der Waals surface area (Å²) in [6, 6.07) is 2.00. The molecule has 0 radical (unpaired) electrons. The second-order valence-electron chi connectivity index (χ2n) is 2.55. The maximum atomic E-state index is 12.9. The van der Waals surface area contributed by atoms with Gasteiger partial charge in [-0.1, -0.05) is 0 Å². The van der Waals surface area contributed by atoms with Gasteiger partial charge in [-0.05, 0) is 18.1 Å². The summed E-state index contributed by atoms with van der Waals surface area (Å²) < 4.78 is 30.5. The normalized spacial score (nSPS) is 10.2. The van der Waals surface area contributed by atoms with E-state index in [0.717, 1.165) is 6.07 Å². The highest BCUT2D eigenvalue weighted by Crippen LogP contribution is 2.21. The molecule has 0 aliphatic carbocycles. The SMILES string of the molecule is COc1cc(CCO)c(F)cc1F. The number of rotatable bonds is 3. The minimum Gasteiger partial charge on any atom is -0.494 e. The lowest BCUT2D eigenvalue weighted by Crippen LogP contribution is -1.98. The Balaban J connectivity index is 3.06. The molecule has 1 N–H and O–H groups in total. The molecule has 13 heavy (non-hydrogen) atoms. The van der Waals surface area contributed by atoms with E-state index in [1.54, 1.807) is 0 Å². The lowest BCUT2D eigenvalue weighted by molar-refractivity contribution is 0.297. The van der Waals surface area contributed by atoms with Crippen LogP contribution in [-0.2, 0) is 6.42 Å². The highest BCUT2D eigenvalue weighted by atomic mass is 19.1. The fourth-order valence-corrected chi connectivity index (χ4v) is 1.04. The van der Waals surface area contributed by atoms with E-state index in [-0.39, 0.29) is 24.3 Å². The molecule has 0 saturated carbocycles. The quantitative estimate of drug-likeness (QED) is 0.779. The molecule has 0 bridgehead atoms. The number of halogens is 2. The fourth-order valence-electron chi connectivity index (χ4n) is 1.04. The molecule has 1 aromatic carbocycles. The predicted molar refractivity (Wildman–Crippen MR) is 43.7 cm³/mol. The Bertz CT molecular complexity index is 300. The van der Waals surface area contributed by atoms with Crippen molar-refractivity contribution in [3.63, 3.8) is 0 Å². The number of aliphatic hydroxyl groups is 1. The first kappa shape index (κ1) is 9.92. The number of aliphatic hydroxyl groups excluding tert-OH is 1. The van der Waals surface area contributed by atoms with Crippen molar-refractivity contribution in [2.45, 2.75) is 6.42 Å². The van der Waals surface area contributed by atoms with Crippen LogP contribution in [-0.4, -0.2) is 18.8 Å². The first-order chi connectivity index (χ1) is 6.19. The molecule has 0 fully saturated rings. The monoisotopic (exact) mass is 188 g/mol. The molecule has 1 rings (SSSR count). The molecular weight excluding hydrogens is 178 g/mol. The second-order valence-corrected chi connectivity index (χ2v) is 2.55. The minimum absolute atomic E-state index is 0.00940. The lowest BCUT2D eigenvalue weighted by atomic mass is 10.1. The molecule has 2 nitrogen and oxygen atoms in total. The molecule has 0 aromatic heterocycles. The molecular formula is C9H10F2O2. The van der Waals surface area contributed by atoms with Crippen LogP contribution >= 0.6 is 0 Å². The zero-order valence-electron chi connectivity index (χ0n) is 7.18. The Hall–Kier alpha value is -1.16. The van der Waals surface area contributed by atoms with Crippen molar-refractivity contribution in [3.8, 4) is 5.75 Å². The molecule has 4 heteroatoms. The van der Waals surface area contributed by atoms with E-state index in [0.29, 0.717) is 0 Å². The van der Waals surface area contributed by atoms with E-state index in [4.69, 9.17) is 5.11 Å². The average Bonchev–Trinajstić information content (AvgIpc) is 2.10. The van der Waals surface area contributed by atoms with Crippen molar-refractivity contribution in [1.29, 1.82) is 0 Å². The van der Waals surface area contributed by atoms with Gasteiger partial charge in [-0.25, -0.2) is 8.78 Å². The van der Waals surface area contributed by atoms with Crippen LogP contribution < -0.4 is 4.74 Å². The predicted octanol–water partition coefficient (Wildman–Crippen LogP) is 1.51. The van der Waals surface area contributed by atoms with Gasteiger partial charge in [0.2, 0.25) is 0 Å². The van der Waals surface area contributed by atoms with Gasteiger partial charge in [0.15, 0.2) is 11.6 Å². The summed E-state index contributed by atoms with van der Waals surface area (Å²) >= 11 is 0. The van der Waals surface area contributed by atoms with Gasteiger partial charge in [0.1, 0.15) is 5.82 Å². The summed E-state index contributed by atoms with van der Waals surface area (Å²) in [6.07, 6.45) is 0.155. The first-order valence-corrected chi connectivity index (χ1v) is 3.81. The Morgan fingerprint density at radius 2 is 2.00 bits per heavy atom. The number of hydrogen-bond donors (Lipinski definition) is 1. The average molecular weight is 188 g/mol. The van der Waals surface area contributed by atoms with Gasteiger partial charge < -0.3 is 9.84 Å². The molecule has 0 aliphatic rings. The number of benzene rings is 1. The first-order valence-electron chi connectivity index (χ1n) is 3.81. The van der Waals surface area contributed by atoms with Crippen LogP contribution in [0.4, 0.5) is 8.78 Å². The van der Waals surface area contributed by atoms with E-state index >= 15 is 0 Å². The van der Waals surface area contributed by atoms with E-state index in [1.165, 1.54) is 13.2 Å². The van der Waals surface area contributed by atoms with Crippen molar-refractivity contribution in [2.24, 2.45) is 0 Å². The van der Waals surface area contributed by atoms with Crippen LogP contribution in [0.2, 0.25) is 0 Å². The van der Waals surface area contributed by atoms with Crippen LogP contribution in [0.5, 0.6) is 5.75 Å². The van der Waals surface area contributed by atoms with Crippen molar-refractivity contribution >= 4 is 0 Å². The molecule has 0 saturated heterocycles. The van der Waals surface area contributed by atoms with Crippen molar-refractivity contribution in [3.05, 3.63) is 29.3 Å². The van der Waals surface area contributed by atoms with Crippen molar-refractivity contribution in [2.75, 3.05) is 13.7 Å². The maximum absolute atomic E-state index is 12.9. The van der Waals surface area contributed by atoms with Gasteiger partial charge in [-0.2, -0.15) is 0 Å². The zero-order chi connectivity index (χ0) is 9.84. The highest BCUT2D eigenvalue weighted by molar-refractivity contribution is 5.31. The zero-order valence-corrected chi connectivity index (χ0v) is 7.18. The Labute approximate surface area is 74.8 Å². The van der Waals surface area contributed by atoms with Crippen molar-refractivity contribution < 1.29 is 18.6 Å². The van der Waals surface area contributed by atoms with Crippen molar-refractivity contribution in [1.82, 2.24) is 0 Å². The molecule has 0 aliphatic heterocycles. The second kappa shape index (κ2) is 4.18. The van der Waals surface area contributed by atoms with Gasteiger partial charge in [0, 0.05) is 12.7 Å². The largest absolute Gasteiger partial charge is 0.494 e. The molecule has 0 amide bonds. The Kier molecular flexibility index (Phi) is 3.19. The smallest absolute Gasteiger partial charge is 0.167 e. The molecule has 0 unspecified atom stereocenters. The van der Waals surface area contributed by atoms with Crippen LogP contribution in [0, 0.1) is 11.6 Å². The topological polar surface area (TPSA) is 29.5 Å². The van der Waals surface area contributed by atoms with Crippen LogP contribution in [0.25, 0.3) is 0 Å². The van der Waals surface area contributed by atoms with Gasteiger partial charge >= 0.3 is 0 Å². The third kappa shape index (κ3) is 2.15. The molecule has 72 valence electrons. The number of hydrogen-bond acceptors (Lipinski definition) is 2. The molecule has 0 heterocycles. The van der Waals surface area contributed by atoms with Crippen LogP contribution in [0.3, 0.4) is 0 Å². The third-order valence-electron chi connectivity index (χ3n) is 1.70. The third-order valence-corrected chi connectivity index (χ3v) is 1.70. The summed E-state index contributed by atoms with van der Waals surface area (Å²) in [6.45, 7) is -0.175. The summed E-state index contributed by atoms with van der Waals surface area (Å²) in [5.41, 5.74) is 0.251. The Morgan fingerprint density at radius 1 is 1.31 bits per heavy atom. The van der Waals surface area contributed by atoms with E-state index < -0.39 is 11.6 Å². The summed E-state index contributed by atoms with van der Waals surface area (Å²) in [5, 5.41) is 8.58. The number of methoxy groups -OCH3 is 1.